The SMILES string of the molecule is NS(=O)(=O)c1ccc(NC(=O)COc2cccc([C@H]3c4sc(=O)[nH]c4SC4C5CC(C6C(=O)N(c7ccc([N+](=O)[O-])cc7)C(=O)C56)C43)c2)cc1. The molecule has 3 heterocycles. The highest BCUT2D eigenvalue weighted by Gasteiger charge is 2.69. The number of H-pyrrole nitrogens is 1. The fourth-order valence-electron chi connectivity index (χ4n) is 8.24. The van der Waals surface area contributed by atoms with Crippen molar-refractivity contribution < 1.29 is 32.5 Å². The summed E-state index contributed by atoms with van der Waals surface area (Å²) in [5.74, 6) is -2.33. The highest BCUT2D eigenvalue weighted by atomic mass is 32.2. The number of imide groups is 1. The van der Waals surface area contributed by atoms with Crippen LogP contribution >= 0.6 is 23.1 Å². The van der Waals surface area contributed by atoms with Gasteiger partial charge in [0.1, 0.15) is 5.75 Å². The van der Waals surface area contributed by atoms with Crippen LogP contribution in [-0.4, -0.2) is 47.9 Å². The van der Waals surface area contributed by atoms with Gasteiger partial charge >= 0.3 is 4.87 Å². The number of sulfonamides is 1. The number of thiazole rings is 1. The zero-order valence-corrected chi connectivity index (χ0v) is 28.2. The number of aromatic amines is 1. The van der Waals surface area contributed by atoms with Crippen molar-refractivity contribution in [1.29, 1.82) is 0 Å². The maximum absolute atomic E-state index is 14.0. The fourth-order valence-corrected chi connectivity index (χ4v) is 11.6. The maximum atomic E-state index is 14.0. The van der Waals surface area contributed by atoms with Crippen LogP contribution in [-0.2, 0) is 24.4 Å². The number of nitro groups is 1. The number of rotatable bonds is 8. The molecule has 2 saturated carbocycles. The van der Waals surface area contributed by atoms with Crippen LogP contribution in [0.1, 0.15) is 22.8 Å². The van der Waals surface area contributed by atoms with E-state index in [0.717, 1.165) is 26.8 Å². The summed E-state index contributed by atoms with van der Waals surface area (Å²) in [6.07, 6.45) is 0.688. The molecule has 3 amide bonds. The predicted octanol–water partition coefficient (Wildman–Crippen LogP) is 3.69. The summed E-state index contributed by atoms with van der Waals surface area (Å²) in [7, 11) is -3.87. The van der Waals surface area contributed by atoms with E-state index < -0.39 is 32.7 Å². The molecule has 2 bridgehead atoms. The van der Waals surface area contributed by atoms with Gasteiger partial charge in [-0.05, 0) is 78.3 Å². The zero-order chi connectivity index (χ0) is 35.1. The first-order chi connectivity index (χ1) is 23.9. The van der Waals surface area contributed by atoms with Crippen molar-refractivity contribution >= 4 is 67.9 Å². The van der Waals surface area contributed by atoms with Crippen molar-refractivity contribution in [3.63, 3.8) is 0 Å². The van der Waals surface area contributed by atoms with E-state index in [0.29, 0.717) is 23.5 Å². The molecular formula is C33H27N5O9S3. The smallest absolute Gasteiger partial charge is 0.305 e. The summed E-state index contributed by atoms with van der Waals surface area (Å²) in [6.45, 7) is -0.334. The average Bonchev–Trinajstić information content (AvgIpc) is 3.82. The minimum absolute atomic E-state index is 0.0476. The second-order valence-corrected chi connectivity index (χ2v) is 16.5. The number of primary sulfonamides is 1. The van der Waals surface area contributed by atoms with Crippen LogP contribution in [0.3, 0.4) is 0 Å². The van der Waals surface area contributed by atoms with Crippen molar-refractivity contribution in [2.24, 2.45) is 34.7 Å². The van der Waals surface area contributed by atoms with Gasteiger partial charge in [-0.1, -0.05) is 23.5 Å². The summed E-state index contributed by atoms with van der Waals surface area (Å²) in [5.41, 5.74) is 1.38. The Bertz CT molecular complexity index is 2250. The van der Waals surface area contributed by atoms with Gasteiger partial charge in [-0.3, -0.25) is 34.2 Å². The number of thioether (sulfide) groups is 1. The van der Waals surface area contributed by atoms with Crippen molar-refractivity contribution in [3.05, 3.63) is 103 Å². The zero-order valence-electron chi connectivity index (χ0n) is 25.8. The molecular weight excluding hydrogens is 707 g/mol. The molecule has 7 atom stereocenters. The number of hydrogen-bond donors (Lipinski definition) is 3. The van der Waals surface area contributed by atoms with Crippen LogP contribution < -0.4 is 25.0 Å². The predicted molar refractivity (Wildman–Crippen MR) is 182 cm³/mol. The molecule has 2 aliphatic carbocycles. The summed E-state index contributed by atoms with van der Waals surface area (Å²) in [6, 6.07) is 18.1. The third-order valence-electron chi connectivity index (χ3n) is 10.1. The van der Waals surface area contributed by atoms with E-state index in [-0.39, 0.29) is 62.8 Å². The lowest BCUT2D eigenvalue weighted by atomic mass is 9.68. The maximum Gasteiger partial charge on any atom is 0.305 e. The standard InChI is InChI=1S/C33H27N5O9S3/c34-50(45,46)20-10-4-16(5-11-20)35-23(39)14-47-19-3-1-2-15(12-19)24-25-21-13-22(28(25)48-30-29(24)49-33(42)36-30)27-26(21)31(40)37(32(27)41)17-6-8-18(9-7-17)38(43)44/h1-12,21-22,24-28H,13-14H2,(H,35,39)(H,36,42)(H2,34,45,46)/t21?,22?,24-,25?,26?,27?,28?/m1/s1. The number of nitrogens with one attached hydrogen (secondary N) is 2. The summed E-state index contributed by atoms with van der Waals surface area (Å²) in [5, 5.41) is 19.7. The van der Waals surface area contributed by atoms with E-state index >= 15 is 0 Å². The fraction of sp³-hybridized carbons (Fsp3) is 0.273. The molecule has 3 aromatic carbocycles. The molecule has 256 valence electrons. The molecule has 1 aromatic heterocycles. The van der Waals surface area contributed by atoms with Gasteiger partial charge in [-0.15, -0.1) is 11.8 Å². The number of non-ortho nitro benzene ring substituents is 1. The summed E-state index contributed by atoms with van der Waals surface area (Å²) >= 11 is 2.68. The molecule has 4 aromatic rings. The van der Waals surface area contributed by atoms with Gasteiger partial charge in [0, 0.05) is 33.9 Å². The van der Waals surface area contributed by atoms with Gasteiger partial charge in [-0.2, -0.15) is 0 Å². The van der Waals surface area contributed by atoms with E-state index in [4.69, 9.17) is 9.88 Å². The number of nitrogens with two attached hydrogens (primary N) is 1. The van der Waals surface area contributed by atoms with Crippen LogP contribution in [0.25, 0.3) is 0 Å². The van der Waals surface area contributed by atoms with Gasteiger partial charge < -0.3 is 15.0 Å². The lowest BCUT2D eigenvalue weighted by Crippen LogP contribution is -2.42. The molecule has 0 spiro atoms. The number of fused-ring (bicyclic) bond motifs is 9. The Morgan fingerprint density at radius 2 is 1.72 bits per heavy atom. The monoisotopic (exact) mass is 733 g/mol. The molecule has 2 aliphatic heterocycles. The van der Waals surface area contributed by atoms with Gasteiger partial charge in [0.05, 0.1) is 32.4 Å². The summed E-state index contributed by atoms with van der Waals surface area (Å²) in [4.78, 5) is 68.5. The quantitative estimate of drug-likeness (QED) is 0.136. The number of carbonyl (C=O) groups excluding carboxylic acids is 3. The van der Waals surface area contributed by atoms with Crippen molar-refractivity contribution in [1.82, 2.24) is 4.98 Å². The molecule has 4 aliphatic rings. The molecule has 6 unspecified atom stereocenters. The first-order valence-electron chi connectivity index (χ1n) is 15.6. The highest BCUT2D eigenvalue weighted by Crippen LogP contribution is 2.68. The highest BCUT2D eigenvalue weighted by molar-refractivity contribution is 8.00. The Labute approximate surface area is 292 Å². The number of amides is 3. The van der Waals surface area contributed by atoms with Crippen LogP contribution in [0.5, 0.6) is 5.75 Å². The third kappa shape index (κ3) is 5.31. The van der Waals surface area contributed by atoms with E-state index in [9.17, 15) is 37.7 Å². The number of hydrogen-bond acceptors (Lipinski definition) is 11. The minimum Gasteiger partial charge on any atom is -0.484 e. The molecule has 17 heteroatoms. The Balaban J connectivity index is 1.05. The number of benzene rings is 3. The summed E-state index contributed by atoms with van der Waals surface area (Å²) < 4.78 is 28.9. The topological polar surface area (TPSA) is 212 Å². The number of carbonyl (C=O) groups is 3. The number of nitrogens with zero attached hydrogens (tertiary/aromatic N) is 2. The number of anilines is 2. The molecule has 8 rings (SSSR count). The Kier molecular flexibility index (Phi) is 7.70. The van der Waals surface area contributed by atoms with Crippen LogP contribution in [0.2, 0.25) is 0 Å². The lowest BCUT2D eigenvalue weighted by molar-refractivity contribution is -0.384. The van der Waals surface area contributed by atoms with E-state index in [2.05, 4.69) is 10.3 Å². The third-order valence-corrected chi connectivity index (χ3v) is 13.6. The van der Waals surface area contributed by atoms with E-state index in [1.54, 1.807) is 23.9 Å². The van der Waals surface area contributed by atoms with E-state index in [1.807, 2.05) is 12.1 Å². The van der Waals surface area contributed by atoms with Crippen LogP contribution in [0.15, 0.2) is 87.5 Å². The second kappa shape index (κ2) is 11.9. The average molecular weight is 734 g/mol. The number of aromatic nitrogens is 1. The van der Waals surface area contributed by atoms with Crippen molar-refractivity contribution in [3.8, 4) is 5.75 Å². The Morgan fingerprint density at radius 1 is 1.02 bits per heavy atom. The molecule has 50 heavy (non-hydrogen) atoms. The van der Waals surface area contributed by atoms with Gasteiger partial charge in [0.15, 0.2) is 6.61 Å². The Morgan fingerprint density at radius 3 is 2.40 bits per heavy atom. The first-order valence-corrected chi connectivity index (χ1v) is 18.8. The largest absolute Gasteiger partial charge is 0.484 e. The second-order valence-electron chi connectivity index (χ2n) is 12.7. The first kappa shape index (κ1) is 32.4. The van der Waals surface area contributed by atoms with Gasteiger partial charge in [0.2, 0.25) is 21.8 Å². The molecule has 3 fully saturated rings. The van der Waals surface area contributed by atoms with Crippen molar-refractivity contribution in [2.45, 2.75) is 27.5 Å². The number of nitro benzene ring substituents is 1. The normalized spacial score (nSPS) is 26.3. The van der Waals surface area contributed by atoms with E-state index in [1.165, 1.54) is 53.4 Å². The number of ether oxygens (including phenoxy) is 1. The minimum atomic E-state index is -3.87. The van der Waals surface area contributed by atoms with Crippen LogP contribution in [0, 0.1) is 39.7 Å². The van der Waals surface area contributed by atoms with Gasteiger partial charge in [0.25, 0.3) is 11.6 Å². The lowest BCUT2D eigenvalue weighted by Gasteiger charge is -2.43. The molecule has 0 radical (unpaired) electrons. The molecule has 4 N–H and O–H groups in total. The molecule has 1 saturated heterocycles. The Hall–Kier alpha value is -4.84. The van der Waals surface area contributed by atoms with Crippen LogP contribution in [0.4, 0.5) is 17.1 Å². The van der Waals surface area contributed by atoms with Crippen molar-refractivity contribution in [2.75, 3.05) is 16.8 Å². The molecule has 14 nitrogen and oxygen atoms in total. The van der Waals surface area contributed by atoms with Gasteiger partial charge in [-0.25, -0.2) is 13.6 Å².